The second-order valence-corrected chi connectivity index (χ2v) is 8.45. The van der Waals surface area contributed by atoms with E-state index in [-0.39, 0.29) is 5.57 Å². The number of barbiturate groups is 1. The van der Waals surface area contributed by atoms with Gasteiger partial charge < -0.3 is 4.42 Å². The number of hydrogen-bond donors (Lipinski definition) is 1. The third-order valence-corrected chi connectivity index (χ3v) is 5.62. The van der Waals surface area contributed by atoms with Crippen molar-refractivity contribution in [2.75, 3.05) is 4.90 Å². The van der Waals surface area contributed by atoms with Gasteiger partial charge in [0.05, 0.1) is 5.69 Å². The van der Waals surface area contributed by atoms with Crippen LogP contribution in [0.5, 0.6) is 0 Å². The van der Waals surface area contributed by atoms with E-state index in [4.69, 9.17) is 4.42 Å². The van der Waals surface area contributed by atoms with Crippen LogP contribution in [0.4, 0.5) is 10.5 Å². The molecule has 0 bridgehead atoms. The Labute approximate surface area is 183 Å². The zero-order chi connectivity index (χ0) is 22.1. The van der Waals surface area contributed by atoms with Gasteiger partial charge in [-0.3, -0.25) is 14.9 Å². The lowest BCUT2D eigenvalue weighted by atomic mass is 10.1. The Bertz CT molecular complexity index is 1200. The average molecular weight is 433 g/mol. The Kier molecular flexibility index (Phi) is 5.52. The van der Waals surface area contributed by atoms with Crippen molar-refractivity contribution in [3.05, 3.63) is 82.6 Å². The van der Waals surface area contributed by atoms with E-state index >= 15 is 0 Å². The van der Waals surface area contributed by atoms with Crippen molar-refractivity contribution in [3.63, 3.8) is 0 Å². The maximum atomic E-state index is 13.0. The summed E-state index contributed by atoms with van der Waals surface area (Å²) in [6, 6.07) is 16.1. The highest BCUT2D eigenvalue weighted by molar-refractivity contribution is 7.99. The van der Waals surface area contributed by atoms with Crippen LogP contribution in [-0.4, -0.2) is 17.8 Å². The van der Waals surface area contributed by atoms with E-state index in [1.807, 2.05) is 51.1 Å². The Morgan fingerprint density at radius 1 is 0.871 bits per heavy atom. The number of furan rings is 1. The van der Waals surface area contributed by atoms with E-state index in [9.17, 15) is 14.4 Å². The first-order valence-corrected chi connectivity index (χ1v) is 10.5. The maximum absolute atomic E-state index is 13.0. The number of carbonyl (C=O) groups is 3. The van der Waals surface area contributed by atoms with Gasteiger partial charge in [0.1, 0.15) is 11.3 Å². The van der Waals surface area contributed by atoms with Crippen LogP contribution < -0.4 is 10.2 Å². The molecule has 1 N–H and O–H groups in total. The highest BCUT2D eigenvalue weighted by Crippen LogP contribution is 2.31. The molecule has 0 saturated carbocycles. The van der Waals surface area contributed by atoms with Crippen molar-refractivity contribution in [2.24, 2.45) is 0 Å². The lowest BCUT2D eigenvalue weighted by Crippen LogP contribution is -2.54. The van der Waals surface area contributed by atoms with E-state index in [0.717, 1.165) is 20.9 Å². The minimum atomic E-state index is -0.771. The molecule has 0 radical (unpaired) electrons. The first-order chi connectivity index (χ1) is 14.8. The first-order valence-electron chi connectivity index (χ1n) is 9.64. The third kappa shape index (κ3) is 4.46. The molecule has 1 saturated heterocycles. The van der Waals surface area contributed by atoms with Crippen molar-refractivity contribution in [1.82, 2.24) is 5.32 Å². The van der Waals surface area contributed by atoms with Gasteiger partial charge in [0.2, 0.25) is 0 Å². The van der Waals surface area contributed by atoms with Crippen molar-refractivity contribution in [1.29, 1.82) is 0 Å². The molecule has 2 aromatic carbocycles. The number of anilines is 1. The van der Waals surface area contributed by atoms with Crippen LogP contribution in [0.15, 0.2) is 74.6 Å². The summed E-state index contributed by atoms with van der Waals surface area (Å²) in [5, 5.41) is 2.86. The molecule has 0 spiro atoms. The standard InChI is InChI=1S/C24H20N2O4S/c1-14-4-7-19(8-5-14)31-21-9-6-18(30-21)13-20-22(27)25-24(29)26(23(20)28)17-11-15(2)10-16(3)12-17/h4-13H,1-3H3,(H,25,27,29). The Balaban J connectivity index is 1.61. The molecule has 0 aliphatic carbocycles. The molecule has 6 nitrogen and oxygen atoms in total. The lowest BCUT2D eigenvalue weighted by molar-refractivity contribution is -0.122. The predicted molar refractivity (Wildman–Crippen MR) is 119 cm³/mol. The molecule has 1 fully saturated rings. The summed E-state index contributed by atoms with van der Waals surface area (Å²) in [5.41, 5.74) is 3.22. The fourth-order valence-electron chi connectivity index (χ4n) is 3.30. The summed E-state index contributed by atoms with van der Waals surface area (Å²) >= 11 is 1.44. The molecule has 4 amide bonds. The number of nitrogens with zero attached hydrogens (tertiary/aromatic N) is 1. The van der Waals surface area contributed by atoms with Crippen molar-refractivity contribution in [2.45, 2.75) is 30.8 Å². The fourth-order valence-corrected chi connectivity index (χ4v) is 4.08. The molecule has 0 unspecified atom stereocenters. The summed E-state index contributed by atoms with van der Waals surface area (Å²) in [6.07, 6.45) is 1.36. The SMILES string of the molecule is Cc1ccc(Sc2ccc(C=C3C(=O)NC(=O)N(c4cc(C)cc(C)c4)C3=O)o2)cc1. The predicted octanol–water partition coefficient (Wildman–Crippen LogP) is 5.02. The van der Waals surface area contributed by atoms with Crippen molar-refractivity contribution in [3.8, 4) is 0 Å². The summed E-state index contributed by atoms with van der Waals surface area (Å²) in [5.74, 6) is -1.09. The molecule has 3 aromatic rings. The zero-order valence-corrected chi connectivity index (χ0v) is 18.1. The first kappa shape index (κ1) is 20.7. The number of carbonyl (C=O) groups excluding carboxylic acids is 3. The monoisotopic (exact) mass is 432 g/mol. The maximum Gasteiger partial charge on any atom is 0.335 e. The number of imide groups is 2. The van der Waals surface area contributed by atoms with Crippen molar-refractivity contribution < 1.29 is 18.8 Å². The molecule has 1 aliphatic heterocycles. The van der Waals surface area contributed by atoms with Gasteiger partial charge in [-0.1, -0.05) is 35.5 Å². The molecular weight excluding hydrogens is 412 g/mol. The normalized spacial score (nSPS) is 15.5. The topological polar surface area (TPSA) is 79.6 Å². The van der Waals surface area contributed by atoms with Gasteiger partial charge >= 0.3 is 6.03 Å². The number of rotatable bonds is 4. The van der Waals surface area contributed by atoms with E-state index < -0.39 is 17.8 Å². The third-order valence-electron chi connectivity index (χ3n) is 4.69. The molecule has 2 heterocycles. The molecule has 0 atom stereocenters. The van der Waals surface area contributed by atoms with Gasteiger partial charge in [0.15, 0.2) is 5.09 Å². The molecule has 7 heteroatoms. The lowest BCUT2D eigenvalue weighted by Gasteiger charge is -2.26. The highest BCUT2D eigenvalue weighted by atomic mass is 32.2. The second kappa shape index (κ2) is 8.28. The number of nitrogens with one attached hydrogen (secondary N) is 1. The molecule has 1 aliphatic rings. The number of aryl methyl sites for hydroxylation is 3. The number of benzene rings is 2. The molecule has 156 valence electrons. The second-order valence-electron chi connectivity index (χ2n) is 7.38. The minimum absolute atomic E-state index is 0.167. The van der Waals surface area contributed by atoms with Crippen LogP contribution in [0, 0.1) is 20.8 Å². The van der Waals surface area contributed by atoms with Gasteiger partial charge in [-0.25, -0.2) is 9.69 Å². The summed E-state index contributed by atoms with van der Waals surface area (Å²) in [4.78, 5) is 39.8. The quantitative estimate of drug-likeness (QED) is 0.462. The summed E-state index contributed by atoms with van der Waals surface area (Å²) in [7, 11) is 0. The van der Waals surface area contributed by atoms with Crippen LogP contribution in [0.25, 0.3) is 6.08 Å². The largest absolute Gasteiger partial charge is 0.450 e. The van der Waals surface area contributed by atoms with Gasteiger partial charge in [-0.05, 0) is 74.4 Å². The smallest absolute Gasteiger partial charge is 0.335 e. The van der Waals surface area contributed by atoms with E-state index in [2.05, 4.69) is 5.32 Å². The van der Waals surface area contributed by atoms with Crippen LogP contribution in [0.2, 0.25) is 0 Å². The Morgan fingerprint density at radius 3 is 2.23 bits per heavy atom. The highest BCUT2D eigenvalue weighted by Gasteiger charge is 2.37. The Hall–Kier alpha value is -3.58. The summed E-state index contributed by atoms with van der Waals surface area (Å²) in [6.45, 7) is 5.77. The van der Waals surface area contributed by atoms with E-state index in [1.54, 1.807) is 24.3 Å². The molecule has 4 rings (SSSR count). The van der Waals surface area contributed by atoms with Crippen LogP contribution >= 0.6 is 11.8 Å². The zero-order valence-electron chi connectivity index (χ0n) is 17.3. The summed E-state index contributed by atoms with van der Waals surface area (Å²) < 4.78 is 5.77. The minimum Gasteiger partial charge on any atom is -0.450 e. The molecule has 1 aromatic heterocycles. The fraction of sp³-hybridized carbons (Fsp3) is 0.125. The molecule has 31 heavy (non-hydrogen) atoms. The van der Waals surface area contributed by atoms with Gasteiger partial charge in [0.25, 0.3) is 11.8 Å². The van der Waals surface area contributed by atoms with Gasteiger partial charge in [0, 0.05) is 4.90 Å². The van der Waals surface area contributed by atoms with Crippen LogP contribution in [-0.2, 0) is 9.59 Å². The number of urea groups is 1. The number of amides is 4. The van der Waals surface area contributed by atoms with E-state index in [0.29, 0.717) is 16.5 Å². The van der Waals surface area contributed by atoms with Crippen molar-refractivity contribution >= 4 is 41.4 Å². The van der Waals surface area contributed by atoms with Crippen LogP contribution in [0.3, 0.4) is 0 Å². The van der Waals surface area contributed by atoms with E-state index in [1.165, 1.54) is 23.4 Å². The average Bonchev–Trinajstić information content (AvgIpc) is 3.13. The van der Waals surface area contributed by atoms with Gasteiger partial charge in [-0.2, -0.15) is 0 Å². The number of hydrogen-bond acceptors (Lipinski definition) is 5. The Morgan fingerprint density at radius 2 is 1.55 bits per heavy atom. The molecular formula is C24H20N2O4S. The van der Waals surface area contributed by atoms with Gasteiger partial charge in [-0.15, -0.1) is 0 Å². The van der Waals surface area contributed by atoms with Crippen LogP contribution in [0.1, 0.15) is 22.5 Å².